The van der Waals surface area contributed by atoms with Crippen LogP contribution in [0.4, 0.5) is 5.69 Å². The fraction of sp³-hybridized carbons (Fsp3) is 0.417. The number of halogens is 1. The van der Waals surface area contributed by atoms with Gasteiger partial charge in [0.05, 0.1) is 5.92 Å². The Morgan fingerprint density at radius 1 is 1.50 bits per heavy atom. The lowest BCUT2D eigenvalue weighted by Crippen LogP contribution is -2.51. The molecule has 16 heavy (non-hydrogen) atoms. The first kappa shape index (κ1) is 11.4. The summed E-state index contributed by atoms with van der Waals surface area (Å²) in [6.07, 6.45) is 0. The van der Waals surface area contributed by atoms with Crippen LogP contribution in [-0.2, 0) is 4.79 Å². The lowest BCUT2D eigenvalue weighted by molar-refractivity contribution is -0.123. The van der Waals surface area contributed by atoms with E-state index < -0.39 is 0 Å². The minimum Gasteiger partial charge on any atom is -0.315 e. The van der Waals surface area contributed by atoms with E-state index in [1.165, 1.54) is 0 Å². The number of carbonyl (C=O) groups excluding carboxylic acids is 1. The van der Waals surface area contributed by atoms with Crippen molar-refractivity contribution in [3.63, 3.8) is 0 Å². The summed E-state index contributed by atoms with van der Waals surface area (Å²) < 4.78 is 0. The van der Waals surface area contributed by atoms with E-state index in [1.807, 2.05) is 25.1 Å². The van der Waals surface area contributed by atoms with Gasteiger partial charge in [-0.25, -0.2) is 0 Å². The van der Waals surface area contributed by atoms with Crippen LogP contribution in [0.5, 0.6) is 0 Å². The van der Waals surface area contributed by atoms with Crippen LogP contribution >= 0.6 is 11.6 Å². The van der Waals surface area contributed by atoms with Crippen LogP contribution in [0.15, 0.2) is 18.2 Å². The second-order valence-corrected chi connectivity index (χ2v) is 4.59. The van der Waals surface area contributed by atoms with E-state index in [9.17, 15) is 4.79 Å². The summed E-state index contributed by atoms with van der Waals surface area (Å²) in [7, 11) is 1.79. The normalized spacial score (nSPS) is 15.7. The predicted molar refractivity (Wildman–Crippen MR) is 66.0 cm³/mol. The maximum atomic E-state index is 12.0. The third-order valence-corrected chi connectivity index (χ3v) is 3.41. The number of hydrogen-bond donors (Lipinski definition) is 1. The van der Waals surface area contributed by atoms with Crippen LogP contribution in [0.3, 0.4) is 0 Å². The van der Waals surface area contributed by atoms with E-state index in [2.05, 4.69) is 5.32 Å². The van der Waals surface area contributed by atoms with E-state index in [1.54, 1.807) is 11.9 Å². The lowest BCUT2D eigenvalue weighted by Gasteiger charge is -2.30. The summed E-state index contributed by atoms with van der Waals surface area (Å²) >= 11 is 6.04. The molecule has 0 spiro atoms. The molecule has 4 heteroatoms. The molecule has 1 aliphatic rings. The van der Waals surface area contributed by atoms with Gasteiger partial charge in [-0.1, -0.05) is 17.7 Å². The van der Waals surface area contributed by atoms with Gasteiger partial charge in [0.2, 0.25) is 5.91 Å². The van der Waals surface area contributed by atoms with Gasteiger partial charge in [0.25, 0.3) is 0 Å². The average molecular weight is 239 g/mol. The summed E-state index contributed by atoms with van der Waals surface area (Å²) in [5.41, 5.74) is 1.88. The molecule has 0 atom stereocenters. The van der Waals surface area contributed by atoms with Crippen molar-refractivity contribution in [3.05, 3.63) is 28.8 Å². The Morgan fingerprint density at radius 2 is 2.19 bits per heavy atom. The zero-order chi connectivity index (χ0) is 11.7. The molecule has 0 bridgehead atoms. The van der Waals surface area contributed by atoms with Crippen molar-refractivity contribution in [1.29, 1.82) is 0 Å². The van der Waals surface area contributed by atoms with Crippen molar-refractivity contribution < 1.29 is 4.79 Å². The van der Waals surface area contributed by atoms with Gasteiger partial charge in [0.1, 0.15) is 0 Å². The summed E-state index contributed by atoms with van der Waals surface area (Å²) in [5.74, 6) is 0.267. The Labute approximate surface area is 100 Å². The summed E-state index contributed by atoms with van der Waals surface area (Å²) in [6.45, 7) is 3.51. The van der Waals surface area contributed by atoms with E-state index in [0.29, 0.717) is 5.02 Å². The third kappa shape index (κ3) is 2.06. The Balaban J connectivity index is 2.16. The van der Waals surface area contributed by atoms with Gasteiger partial charge in [0.15, 0.2) is 0 Å². The molecule has 86 valence electrons. The van der Waals surface area contributed by atoms with Gasteiger partial charge in [-0.15, -0.1) is 0 Å². The van der Waals surface area contributed by atoms with Gasteiger partial charge in [-0.3, -0.25) is 4.79 Å². The van der Waals surface area contributed by atoms with Gasteiger partial charge in [-0.2, -0.15) is 0 Å². The first-order chi connectivity index (χ1) is 7.59. The third-order valence-electron chi connectivity index (χ3n) is 3.00. The molecule has 0 aromatic heterocycles. The summed E-state index contributed by atoms with van der Waals surface area (Å²) in [6, 6.07) is 5.69. The molecule has 0 aliphatic carbocycles. The van der Waals surface area contributed by atoms with Crippen molar-refractivity contribution in [2.24, 2.45) is 5.92 Å². The van der Waals surface area contributed by atoms with Crippen molar-refractivity contribution >= 4 is 23.2 Å². The fourth-order valence-corrected chi connectivity index (χ4v) is 1.83. The second-order valence-electron chi connectivity index (χ2n) is 4.19. The number of nitrogens with one attached hydrogen (secondary N) is 1. The molecule has 1 aliphatic heterocycles. The molecule has 0 radical (unpaired) electrons. The minimum absolute atomic E-state index is 0.116. The first-order valence-corrected chi connectivity index (χ1v) is 5.72. The highest BCUT2D eigenvalue weighted by Gasteiger charge is 2.28. The monoisotopic (exact) mass is 238 g/mol. The van der Waals surface area contributed by atoms with Gasteiger partial charge in [-0.05, 0) is 24.6 Å². The zero-order valence-electron chi connectivity index (χ0n) is 9.46. The van der Waals surface area contributed by atoms with Gasteiger partial charge < -0.3 is 10.2 Å². The van der Waals surface area contributed by atoms with Crippen LogP contribution in [0.1, 0.15) is 5.56 Å². The van der Waals surface area contributed by atoms with Crippen LogP contribution in [0.25, 0.3) is 0 Å². The maximum Gasteiger partial charge on any atom is 0.232 e. The predicted octanol–water partition coefficient (Wildman–Crippen LogP) is 1.83. The van der Waals surface area contributed by atoms with Crippen molar-refractivity contribution in [1.82, 2.24) is 5.32 Å². The molecular weight excluding hydrogens is 224 g/mol. The topological polar surface area (TPSA) is 32.3 Å². The van der Waals surface area contributed by atoms with Crippen LogP contribution in [0, 0.1) is 12.8 Å². The molecule has 3 nitrogen and oxygen atoms in total. The Kier molecular flexibility index (Phi) is 3.17. The zero-order valence-corrected chi connectivity index (χ0v) is 10.2. The molecule has 1 N–H and O–H groups in total. The Morgan fingerprint density at radius 3 is 2.69 bits per heavy atom. The molecule has 1 amide bonds. The number of nitrogens with zero attached hydrogens (tertiary/aromatic N) is 1. The quantitative estimate of drug-likeness (QED) is 0.853. The van der Waals surface area contributed by atoms with E-state index >= 15 is 0 Å². The number of carbonyl (C=O) groups is 1. The van der Waals surface area contributed by atoms with Crippen LogP contribution < -0.4 is 10.2 Å². The number of amides is 1. The summed E-state index contributed by atoms with van der Waals surface area (Å²) in [5, 5.41) is 3.79. The standard InChI is InChI=1S/C12H15ClN2O/c1-8-3-4-10(5-11(8)13)15(2)12(16)9-6-14-7-9/h3-5,9,14H,6-7H2,1-2H3. The largest absolute Gasteiger partial charge is 0.315 e. The molecule has 1 aromatic rings. The molecule has 1 saturated heterocycles. The lowest BCUT2D eigenvalue weighted by atomic mass is 10.0. The first-order valence-electron chi connectivity index (χ1n) is 5.34. The number of rotatable bonds is 2. The average Bonchev–Trinajstić information content (AvgIpc) is 2.18. The highest BCUT2D eigenvalue weighted by atomic mass is 35.5. The highest BCUT2D eigenvalue weighted by molar-refractivity contribution is 6.31. The number of aryl methyl sites for hydroxylation is 1. The molecule has 1 aromatic carbocycles. The smallest absolute Gasteiger partial charge is 0.232 e. The van der Waals surface area contributed by atoms with Gasteiger partial charge in [0, 0.05) is 30.8 Å². The molecule has 1 heterocycles. The SMILES string of the molecule is Cc1ccc(N(C)C(=O)C2CNC2)cc1Cl. The van der Waals surface area contributed by atoms with Gasteiger partial charge >= 0.3 is 0 Å². The molecule has 2 rings (SSSR count). The summed E-state index contributed by atoms with van der Waals surface area (Å²) in [4.78, 5) is 13.6. The molecule has 0 unspecified atom stereocenters. The van der Waals surface area contributed by atoms with Crippen molar-refractivity contribution in [3.8, 4) is 0 Å². The number of anilines is 1. The minimum atomic E-state index is 0.116. The van der Waals surface area contributed by atoms with Crippen molar-refractivity contribution in [2.45, 2.75) is 6.92 Å². The second kappa shape index (κ2) is 4.44. The van der Waals surface area contributed by atoms with Crippen LogP contribution in [-0.4, -0.2) is 26.0 Å². The van der Waals surface area contributed by atoms with E-state index in [4.69, 9.17) is 11.6 Å². The van der Waals surface area contributed by atoms with Crippen molar-refractivity contribution in [2.75, 3.05) is 25.0 Å². The maximum absolute atomic E-state index is 12.0. The molecule has 0 saturated carbocycles. The van der Waals surface area contributed by atoms with E-state index in [0.717, 1.165) is 24.3 Å². The number of benzene rings is 1. The highest BCUT2D eigenvalue weighted by Crippen LogP contribution is 2.23. The number of hydrogen-bond acceptors (Lipinski definition) is 2. The Bertz CT molecular complexity index is 415. The van der Waals surface area contributed by atoms with E-state index in [-0.39, 0.29) is 11.8 Å². The van der Waals surface area contributed by atoms with Crippen LogP contribution in [0.2, 0.25) is 5.02 Å². The fourth-order valence-electron chi connectivity index (χ4n) is 1.65. The molecule has 1 fully saturated rings. The molecular formula is C12H15ClN2O. The Hall–Kier alpha value is -1.06.